The third kappa shape index (κ3) is 2.70. The highest BCUT2D eigenvalue weighted by Gasteiger charge is 2.01. The largest absolute Gasteiger partial charge is 0.381 e. The number of amidine groups is 1. The number of nitrogen functional groups attached to an aromatic ring is 1. The number of nitrogens with two attached hydrogens (primary N) is 1. The molecule has 0 fully saturated rings. The molecule has 0 aliphatic carbocycles. The van der Waals surface area contributed by atoms with Crippen LogP contribution in [0.5, 0.6) is 0 Å². The van der Waals surface area contributed by atoms with E-state index in [2.05, 4.69) is 15.3 Å². The molecule has 5 nitrogen and oxygen atoms in total. The van der Waals surface area contributed by atoms with E-state index in [0.29, 0.717) is 11.9 Å². The fraction of sp³-hybridized carbons (Fsp3) is 0.375. The molecule has 1 heterocycles. The van der Waals surface area contributed by atoms with Gasteiger partial charge < -0.3 is 11.1 Å². The number of hydrogen-bond acceptors (Lipinski definition) is 4. The van der Waals surface area contributed by atoms with E-state index in [1.165, 1.54) is 0 Å². The topological polar surface area (TPSA) is 87.7 Å². The molecule has 5 heteroatoms. The molecule has 0 radical (unpaired) electrons. The van der Waals surface area contributed by atoms with Crippen LogP contribution in [-0.4, -0.2) is 21.8 Å². The first-order valence-corrected chi connectivity index (χ1v) is 4.03. The molecule has 0 aromatic carbocycles. The van der Waals surface area contributed by atoms with E-state index in [-0.39, 0.29) is 11.7 Å². The first-order valence-electron chi connectivity index (χ1n) is 4.03. The molecule has 0 unspecified atom stereocenters. The van der Waals surface area contributed by atoms with Crippen molar-refractivity contribution in [3.8, 4) is 0 Å². The van der Waals surface area contributed by atoms with Gasteiger partial charge in [0.1, 0.15) is 5.82 Å². The van der Waals surface area contributed by atoms with Crippen LogP contribution in [0.4, 0.5) is 5.82 Å². The van der Waals surface area contributed by atoms with Crippen molar-refractivity contribution in [3.63, 3.8) is 0 Å². The van der Waals surface area contributed by atoms with Crippen LogP contribution in [0.1, 0.15) is 19.7 Å². The van der Waals surface area contributed by atoms with Crippen molar-refractivity contribution in [3.05, 3.63) is 18.1 Å². The van der Waals surface area contributed by atoms with Gasteiger partial charge in [0.05, 0.1) is 0 Å². The van der Waals surface area contributed by atoms with Crippen LogP contribution in [0.3, 0.4) is 0 Å². The molecule has 0 saturated heterocycles. The molecular formula is C8H13N5. The second-order valence-corrected chi connectivity index (χ2v) is 2.98. The number of rotatable bonds is 3. The lowest BCUT2D eigenvalue weighted by molar-refractivity contribution is 0.884. The molecule has 13 heavy (non-hydrogen) atoms. The van der Waals surface area contributed by atoms with Crippen molar-refractivity contribution >= 4 is 11.7 Å². The van der Waals surface area contributed by atoms with Gasteiger partial charge in [0.25, 0.3) is 0 Å². The quantitative estimate of drug-likeness (QED) is 0.468. The Bertz CT molecular complexity index is 307. The molecule has 0 spiro atoms. The minimum Gasteiger partial charge on any atom is -0.381 e. The zero-order chi connectivity index (χ0) is 9.84. The Labute approximate surface area is 76.9 Å². The number of aromatic nitrogens is 2. The zero-order valence-electron chi connectivity index (χ0n) is 7.70. The summed E-state index contributed by atoms with van der Waals surface area (Å²) < 4.78 is 0. The predicted molar refractivity (Wildman–Crippen MR) is 51.8 cm³/mol. The van der Waals surface area contributed by atoms with Crippen molar-refractivity contribution in [2.75, 3.05) is 5.32 Å². The molecule has 0 aliphatic heterocycles. The van der Waals surface area contributed by atoms with Gasteiger partial charge >= 0.3 is 0 Å². The van der Waals surface area contributed by atoms with Crippen LogP contribution in [0.25, 0.3) is 0 Å². The third-order valence-corrected chi connectivity index (χ3v) is 1.33. The van der Waals surface area contributed by atoms with E-state index in [0.717, 1.165) is 0 Å². The fourth-order valence-corrected chi connectivity index (χ4v) is 0.865. The summed E-state index contributed by atoms with van der Waals surface area (Å²) in [5.41, 5.74) is 5.24. The standard InChI is InChI=1S/C8H13N5/c1-5(2)12-6-3-4-11-8(13-6)7(9)10/h3-5H,1-2H3,(H3,9,10)(H,11,12,13). The van der Waals surface area contributed by atoms with Gasteiger partial charge in [-0.1, -0.05) is 0 Å². The minimum absolute atomic E-state index is 0.118. The van der Waals surface area contributed by atoms with Crippen LogP contribution in [0.2, 0.25) is 0 Å². The lowest BCUT2D eigenvalue weighted by atomic mass is 10.4. The Kier molecular flexibility index (Phi) is 2.79. The predicted octanol–water partition coefficient (Wildman–Crippen LogP) is 0.581. The Hall–Kier alpha value is -1.65. The van der Waals surface area contributed by atoms with E-state index in [1.807, 2.05) is 13.8 Å². The first kappa shape index (κ1) is 9.44. The van der Waals surface area contributed by atoms with Gasteiger partial charge in [-0.25, -0.2) is 9.97 Å². The normalized spacial score (nSPS) is 10.1. The molecule has 70 valence electrons. The average Bonchev–Trinajstić information content (AvgIpc) is 2.03. The molecule has 1 aromatic rings. The second-order valence-electron chi connectivity index (χ2n) is 2.98. The van der Waals surface area contributed by atoms with Gasteiger partial charge in [-0.15, -0.1) is 0 Å². The van der Waals surface area contributed by atoms with Crippen molar-refractivity contribution in [1.29, 1.82) is 5.41 Å². The summed E-state index contributed by atoms with van der Waals surface area (Å²) in [6, 6.07) is 2.04. The molecular weight excluding hydrogens is 166 g/mol. The molecule has 1 aromatic heterocycles. The highest BCUT2D eigenvalue weighted by Crippen LogP contribution is 2.02. The molecule has 0 aliphatic rings. The Balaban J connectivity index is 2.85. The molecule has 0 saturated carbocycles. The average molecular weight is 179 g/mol. The Morgan fingerprint density at radius 1 is 1.62 bits per heavy atom. The Morgan fingerprint density at radius 2 is 2.31 bits per heavy atom. The molecule has 0 amide bonds. The summed E-state index contributed by atoms with van der Waals surface area (Å²) >= 11 is 0. The van der Waals surface area contributed by atoms with Gasteiger partial charge in [-0.05, 0) is 19.9 Å². The minimum atomic E-state index is -0.118. The summed E-state index contributed by atoms with van der Waals surface area (Å²) in [5.74, 6) is 0.827. The van der Waals surface area contributed by atoms with Gasteiger partial charge in [-0.3, -0.25) is 5.41 Å². The Morgan fingerprint density at radius 3 is 2.85 bits per heavy atom. The zero-order valence-corrected chi connectivity index (χ0v) is 7.70. The smallest absolute Gasteiger partial charge is 0.196 e. The number of anilines is 1. The van der Waals surface area contributed by atoms with Crippen LogP contribution >= 0.6 is 0 Å². The lowest BCUT2D eigenvalue weighted by Gasteiger charge is -2.08. The number of hydrogen-bond donors (Lipinski definition) is 3. The maximum Gasteiger partial charge on any atom is 0.196 e. The highest BCUT2D eigenvalue weighted by molar-refractivity contribution is 5.91. The van der Waals surface area contributed by atoms with E-state index >= 15 is 0 Å². The SMILES string of the molecule is CC(C)Nc1ccnc(C(=N)N)n1. The van der Waals surface area contributed by atoms with Gasteiger partial charge in [-0.2, -0.15) is 0 Å². The van der Waals surface area contributed by atoms with Gasteiger partial charge in [0, 0.05) is 12.2 Å². The summed E-state index contributed by atoms with van der Waals surface area (Å²) in [6.07, 6.45) is 1.58. The van der Waals surface area contributed by atoms with Crippen molar-refractivity contribution < 1.29 is 0 Å². The number of nitrogens with one attached hydrogen (secondary N) is 2. The van der Waals surface area contributed by atoms with E-state index < -0.39 is 0 Å². The van der Waals surface area contributed by atoms with E-state index in [4.69, 9.17) is 11.1 Å². The first-order chi connectivity index (χ1) is 6.09. The maximum absolute atomic E-state index is 7.14. The van der Waals surface area contributed by atoms with Crippen LogP contribution in [-0.2, 0) is 0 Å². The fourth-order valence-electron chi connectivity index (χ4n) is 0.865. The van der Waals surface area contributed by atoms with E-state index in [9.17, 15) is 0 Å². The summed E-state index contributed by atoms with van der Waals surface area (Å²) in [7, 11) is 0. The molecule has 0 atom stereocenters. The lowest BCUT2D eigenvalue weighted by Crippen LogP contribution is -2.18. The van der Waals surface area contributed by atoms with Crippen molar-refractivity contribution in [2.45, 2.75) is 19.9 Å². The molecule has 0 bridgehead atoms. The van der Waals surface area contributed by atoms with Crippen LogP contribution in [0, 0.1) is 5.41 Å². The summed E-state index contributed by atoms with van der Waals surface area (Å²) in [4.78, 5) is 7.89. The maximum atomic E-state index is 7.14. The number of nitrogens with zero attached hydrogens (tertiary/aromatic N) is 2. The van der Waals surface area contributed by atoms with Crippen molar-refractivity contribution in [1.82, 2.24) is 9.97 Å². The molecule has 4 N–H and O–H groups in total. The van der Waals surface area contributed by atoms with Crippen LogP contribution < -0.4 is 11.1 Å². The van der Waals surface area contributed by atoms with E-state index in [1.54, 1.807) is 12.3 Å². The van der Waals surface area contributed by atoms with Gasteiger partial charge in [0.15, 0.2) is 11.7 Å². The summed E-state index contributed by atoms with van der Waals surface area (Å²) in [6.45, 7) is 4.02. The second kappa shape index (κ2) is 3.84. The van der Waals surface area contributed by atoms with Crippen LogP contribution in [0.15, 0.2) is 12.3 Å². The monoisotopic (exact) mass is 179 g/mol. The van der Waals surface area contributed by atoms with Crippen molar-refractivity contribution in [2.24, 2.45) is 5.73 Å². The molecule has 1 rings (SSSR count). The highest BCUT2D eigenvalue weighted by atomic mass is 15.1. The third-order valence-electron chi connectivity index (χ3n) is 1.33. The summed E-state index contributed by atoms with van der Waals surface area (Å²) in [5, 5.41) is 10.2. The van der Waals surface area contributed by atoms with Gasteiger partial charge in [0.2, 0.25) is 0 Å².